The molecule has 1 aromatic carbocycles. The van der Waals surface area contributed by atoms with Gasteiger partial charge >= 0.3 is 0 Å². The van der Waals surface area contributed by atoms with Gasteiger partial charge in [-0.05, 0) is 55.6 Å². The Balaban J connectivity index is 1.69. The van der Waals surface area contributed by atoms with Crippen molar-refractivity contribution in [2.45, 2.75) is 6.54 Å². The predicted molar refractivity (Wildman–Crippen MR) is 115 cm³/mol. The Bertz CT molecular complexity index is 1000. The summed E-state index contributed by atoms with van der Waals surface area (Å²) in [4.78, 5) is 33.6. The molecule has 0 saturated heterocycles. The molecule has 2 heterocycles. The first kappa shape index (κ1) is 20.4. The van der Waals surface area contributed by atoms with Crippen molar-refractivity contribution in [2.24, 2.45) is 0 Å². The smallest absolute Gasteiger partial charge is 0.271 e. The van der Waals surface area contributed by atoms with Gasteiger partial charge in [-0.3, -0.25) is 14.6 Å². The van der Waals surface area contributed by atoms with Gasteiger partial charge in [-0.15, -0.1) is 0 Å². The highest BCUT2D eigenvalue weighted by Gasteiger charge is 2.10. The van der Waals surface area contributed by atoms with Crippen molar-refractivity contribution >= 4 is 11.6 Å². The van der Waals surface area contributed by atoms with Gasteiger partial charge in [0.15, 0.2) is 0 Å². The van der Waals surface area contributed by atoms with E-state index in [2.05, 4.69) is 32.5 Å². The fourth-order valence-electron chi connectivity index (χ4n) is 2.94. The third-order valence-electron chi connectivity index (χ3n) is 4.58. The van der Waals surface area contributed by atoms with Crippen LogP contribution in [-0.4, -0.2) is 48.0 Å². The number of H-pyrrole nitrogens is 1. The number of aromatic nitrogens is 2. The van der Waals surface area contributed by atoms with Gasteiger partial charge in [-0.2, -0.15) is 0 Å². The molecule has 1 amide bonds. The Kier molecular flexibility index (Phi) is 6.89. The van der Waals surface area contributed by atoms with E-state index >= 15 is 0 Å². The molecule has 7 nitrogen and oxygen atoms in total. The van der Waals surface area contributed by atoms with E-state index in [0.29, 0.717) is 5.56 Å². The molecule has 29 heavy (non-hydrogen) atoms. The van der Waals surface area contributed by atoms with Crippen LogP contribution in [-0.2, 0) is 6.54 Å². The fourth-order valence-corrected chi connectivity index (χ4v) is 2.94. The zero-order chi connectivity index (χ0) is 20.6. The number of amides is 1. The third-order valence-corrected chi connectivity index (χ3v) is 4.58. The largest absolute Gasteiger partial charge is 0.327 e. The maximum absolute atomic E-state index is 12.6. The molecule has 0 bridgehead atoms. The molecule has 0 saturated carbocycles. The van der Waals surface area contributed by atoms with Crippen molar-refractivity contribution in [3.8, 4) is 11.1 Å². The van der Waals surface area contributed by atoms with Crippen LogP contribution in [0.2, 0.25) is 0 Å². The van der Waals surface area contributed by atoms with Gasteiger partial charge in [0.2, 0.25) is 0 Å². The second-order valence-corrected chi connectivity index (χ2v) is 6.86. The number of pyridine rings is 2. The maximum atomic E-state index is 12.6. The van der Waals surface area contributed by atoms with Gasteiger partial charge in [-0.25, -0.2) is 0 Å². The summed E-state index contributed by atoms with van der Waals surface area (Å²) in [6.45, 7) is 2.66. The monoisotopic (exact) mass is 391 g/mol. The number of benzene rings is 1. The summed E-state index contributed by atoms with van der Waals surface area (Å²) in [5.74, 6) is -0.322. The molecule has 150 valence electrons. The van der Waals surface area contributed by atoms with E-state index in [1.807, 2.05) is 31.3 Å². The minimum absolute atomic E-state index is 0.209. The SMILES string of the molecule is CNCCN(C)Cc1ccc(C(=O)Nc2cc(-c3ccncc3)c[nH]c2=O)cc1. The molecule has 3 rings (SSSR count). The minimum atomic E-state index is -0.348. The van der Waals surface area contributed by atoms with E-state index in [4.69, 9.17) is 0 Å². The number of rotatable bonds is 8. The van der Waals surface area contributed by atoms with E-state index in [9.17, 15) is 9.59 Å². The zero-order valence-electron chi connectivity index (χ0n) is 16.6. The summed E-state index contributed by atoms with van der Waals surface area (Å²) in [6.07, 6.45) is 4.97. The Morgan fingerprint density at radius 1 is 1.10 bits per heavy atom. The first-order chi connectivity index (χ1) is 14.1. The zero-order valence-corrected chi connectivity index (χ0v) is 16.6. The first-order valence-electron chi connectivity index (χ1n) is 9.43. The first-order valence-corrected chi connectivity index (χ1v) is 9.43. The van der Waals surface area contributed by atoms with Crippen LogP contribution in [0.25, 0.3) is 11.1 Å². The molecule has 3 aromatic rings. The highest BCUT2D eigenvalue weighted by atomic mass is 16.2. The maximum Gasteiger partial charge on any atom is 0.271 e. The molecule has 0 aliphatic rings. The van der Waals surface area contributed by atoms with Gasteiger partial charge in [0.25, 0.3) is 11.5 Å². The van der Waals surface area contributed by atoms with Crippen molar-refractivity contribution in [2.75, 3.05) is 32.5 Å². The van der Waals surface area contributed by atoms with Crippen molar-refractivity contribution in [1.82, 2.24) is 20.2 Å². The van der Waals surface area contributed by atoms with Crippen LogP contribution in [0.5, 0.6) is 0 Å². The van der Waals surface area contributed by atoms with Crippen molar-refractivity contribution in [3.05, 3.63) is 82.5 Å². The molecule has 0 fully saturated rings. The molecular weight excluding hydrogens is 366 g/mol. The minimum Gasteiger partial charge on any atom is -0.327 e. The van der Waals surface area contributed by atoms with Gasteiger partial charge in [0, 0.05) is 49.4 Å². The summed E-state index contributed by atoms with van der Waals surface area (Å²) in [5.41, 5.74) is 3.18. The van der Waals surface area contributed by atoms with Crippen LogP contribution < -0.4 is 16.2 Å². The fraction of sp³-hybridized carbons (Fsp3) is 0.227. The molecule has 7 heteroatoms. The summed E-state index contributed by atoms with van der Waals surface area (Å²) in [5, 5.41) is 5.83. The van der Waals surface area contributed by atoms with Crippen molar-refractivity contribution in [3.63, 3.8) is 0 Å². The molecule has 3 N–H and O–H groups in total. The number of nitrogens with zero attached hydrogens (tertiary/aromatic N) is 2. The average Bonchev–Trinajstić information content (AvgIpc) is 2.75. The van der Waals surface area contributed by atoms with Crippen LogP contribution in [0.15, 0.2) is 65.8 Å². The van der Waals surface area contributed by atoms with Gasteiger partial charge in [0.05, 0.1) is 0 Å². The number of carbonyl (C=O) groups is 1. The van der Waals surface area contributed by atoms with Gasteiger partial charge in [-0.1, -0.05) is 12.1 Å². The second kappa shape index (κ2) is 9.77. The molecule has 0 radical (unpaired) electrons. The topological polar surface area (TPSA) is 90.1 Å². The summed E-state index contributed by atoms with van der Waals surface area (Å²) in [7, 11) is 3.99. The van der Waals surface area contributed by atoms with Crippen LogP contribution in [0.3, 0.4) is 0 Å². The number of nitrogens with one attached hydrogen (secondary N) is 3. The lowest BCUT2D eigenvalue weighted by Crippen LogP contribution is -2.27. The molecule has 0 atom stereocenters. The Hall–Kier alpha value is -3.29. The van der Waals surface area contributed by atoms with E-state index < -0.39 is 0 Å². The standard InChI is InChI=1S/C22H25N5O2/c1-23-11-12-27(2)15-16-3-5-18(6-4-16)21(28)26-20-13-19(14-25-22(20)29)17-7-9-24-10-8-17/h3-10,13-14,23H,11-12,15H2,1-2H3,(H,25,29)(H,26,28). The molecule has 2 aromatic heterocycles. The third kappa shape index (κ3) is 5.60. The number of hydrogen-bond donors (Lipinski definition) is 3. The lowest BCUT2D eigenvalue weighted by molar-refractivity contribution is 0.102. The molecule has 0 aliphatic carbocycles. The number of hydrogen-bond acceptors (Lipinski definition) is 5. The normalized spacial score (nSPS) is 10.9. The van der Waals surface area contributed by atoms with E-state index in [1.165, 1.54) is 0 Å². The van der Waals surface area contributed by atoms with Crippen LogP contribution in [0.4, 0.5) is 5.69 Å². The van der Waals surface area contributed by atoms with E-state index in [0.717, 1.165) is 36.3 Å². The summed E-state index contributed by atoms with van der Waals surface area (Å²) >= 11 is 0. The van der Waals surface area contributed by atoms with Crippen LogP contribution >= 0.6 is 0 Å². The molecular formula is C22H25N5O2. The van der Waals surface area contributed by atoms with Crippen LogP contribution in [0.1, 0.15) is 15.9 Å². The Labute approximate surface area is 169 Å². The van der Waals surface area contributed by atoms with Gasteiger partial charge < -0.3 is 20.5 Å². The lowest BCUT2D eigenvalue weighted by atomic mass is 10.1. The van der Waals surface area contributed by atoms with E-state index in [1.54, 1.807) is 36.8 Å². The Morgan fingerprint density at radius 2 is 1.83 bits per heavy atom. The lowest BCUT2D eigenvalue weighted by Gasteiger charge is -2.16. The summed E-state index contributed by atoms with van der Waals surface area (Å²) < 4.78 is 0. The average molecular weight is 391 g/mol. The molecule has 0 unspecified atom stereocenters. The Morgan fingerprint density at radius 3 is 2.52 bits per heavy atom. The predicted octanol–water partition coefficient (Wildman–Crippen LogP) is 2.34. The quantitative estimate of drug-likeness (QED) is 0.548. The number of carbonyl (C=O) groups excluding carboxylic acids is 1. The van der Waals surface area contributed by atoms with Crippen molar-refractivity contribution in [1.29, 1.82) is 0 Å². The van der Waals surface area contributed by atoms with E-state index in [-0.39, 0.29) is 17.2 Å². The summed E-state index contributed by atoms with van der Waals surface area (Å²) in [6, 6.07) is 12.8. The number of likely N-dealkylation sites (N-methyl/N-ethyl adjacent to an activating group) is 2. The highest BCUT2D eigenvalue weighted by Crippen LogP contribution is 2.19. The van der Waals surface area contributed by atoms with Gasteiger partial charge in [0.1, 0.15) is 5.69 Å². The second-order valence-electron chi connectivity index (χ2n) is 6.86. The molecule has 0 aliphatic heterocycles. The highest BCUT2D eigenvalue weighted by molar-refractivity contribution is 6.04. The molecule has 0 spiro atoms. The van der Waals surface area contributed by atoms with Crippen LogP contribution in [0, 0.1) is 0 Å². The number of anilines is 1. The number of aromatic amines is 1. The van der Waals surface area contributed by atoms with Crippen molar-refractivity contribution < 1.29 is 4.79 Å².